The van der Waals surface area contributed by atoms with Crippen LogP contribution in [-0.4, -0.2) is 28.7 Å². The Hall–Kier alpha value is -1.95. The highest BCUT2D eigenvalue weighted by Gasteiger charge is 2.67. The molecule has 134 valence electrons. The summed E-state index contributed by atoms with van der Waals surface area (Å²) in [7, 11) is 0. The van der Waals surface area contributed by atoms with Crippen LogP contribution in [-0.2, 0) is 14.4 Å². The van der Waals surface area contributed by atoms with Crippen molar-refractivity contribution in [3.05, 3.63) is 40.9 Å². The first-order valence-corrected chi connectivity index (χ1v) is 9.88. The molecule has 6 heteroatoms. The van der Waals surface area contributed by atoms with Crippen LogP contribution in [0.25, 0.3) is 0 Å². The van der Waals surface area contributed by atoms with Gasteiger partial charge in [0.2, 0.25) is 17.7 Å². The monoisotopic (exact) mass is 414 g/mol. The molecule has 26 heavy (non-hydrogen) atoms. The van der Waals surface area contributed by atoms with E-state index in [1.54, 1.807) is 19.1 Å². The van der Waals surface area contributed by atoms with Gasteiger partial charge in [0, 0.05) is 10.2 Å². The zero-order valence-electron chi connectivity index (χ0n) is 14.3. The second kappa shape index (κ2) is 5.52. The zero-order chi connectivity index (χ0) is 18.2. The first kappa shape index (κ1) is 16.2. The van der Waals surface area contributed by atoms with E-state index in [1.165, 1.54) is 4.90 Å². The van der Waals surface area contributed by atoms with Crippen LogP contribution in [0.5, 0.6) is 0 Å². The third-order valence-electron chi connectivity index (χ3n) is 6.58. The van der Waals surface area contributed by atoms with Crippen molar-refractivity contribution < 1.29 is 14.4 Å². The molecule has 0 aromatic heterocycles. The van der Waals surface area contributed by atoms with Crippen LogP contribution in [0.15, 0.2) is 40.9 Å². The lowest BCUT2D eigenvalue weighted by atomic mass is 9.63. The van der Waals surface area contributed by atoms with Crippen LogP contribution in [0.3, 0.4) is 0 Å². The predicted molar refractivity (Wildman–Crippen MR) is 98.8 cm³/mol. The van der Waals surface area contributed by atoms with Gasteiger partial charge in [-0.15, -0.1) is 0 Å². The SMILES string of the molecule is C[C@@H](C(=O)Nc1ccc(Br)cc1)N1C(=O)[C@@H]2[C@@H]3C=C[C@H]([C@H]4C[C@H]34)[C@@H]2C1=O. The van der Waals surface area contributed by atoms with Crippen molar-refractivity contribution in [2.45, 2.75) is 19.4 Å². The quantitative estimate of drug-likeness (QED) is 0.610. The molecule has 2 saturated carbocycles. The van der Waals surface area contributed by atoms with Crippen molar-refractivity contribution in [1.82, 2.24) is 4.90 Å². The summed E-state index contributed by atoms with van der Waals surface area (Å²) in [5.74, 6) is 0.305. The molecule has 0 spiro atoms. The molecular weight excluding hydrogens is 396 g/mol. The van der Waals surface area contributed by atoms with Crippen molar-refractivity contribution in [2.24, 2.45) is 35.5 Å². The van der Waals surface area contributed by atoms with Gasteiger partial charge < -0.3 is 5.32 Å². The number of benzene rings is 1. The fraction of sp³-hybridized carbons (Fsp3) is 0.450. The second-order valence-corrected chi connectivity index (χ2v) is 8.79. The first-order valence-electron chi connectivity index (χ1n) is 9.09. The number of rotatable bonds is 3. The highest BCUT2D eigenvalue weighted by atomic mass is 79.9. The fourth-order valence-electron chi connectivity index (χ4n) is 5.26. The number of imide groups is 1. The maximum absolute atomic E-state index is 13.0. The van der Waals surface area contributed by atoms with E-state index in [0.717, 1.165) is 10.9 Å². The van der Waals surface area contributed by atoms with Crippen molar-refractivity contribution in [1.29, 1.82) is 0 Å². The van der Waals surface area contributed by atoms with E-state index in [1.807, 2.05) is 12.1 Å². The Balaban J connectivity index is 1.37. The molecule has 5 nitrogen and oxygen atoms in total. The van der Waals surface area contributed by atoms with E-state index in [4.69, 9.17) is 0 Å². The third kappa shape index (κ3) is 2.17. The molecule has 3 fully saturated rings. The maximum Gasteiger partial charge on any atom is 0.247 e. The van der Waals surface area contributed by atoms with Gasteiger partial charge in [0.15, 0.2) is 0 Å². The minimum absolute atomic E-state index is 0.164. The van der Waals surface area contributed by atoms with Gasteiger partial charge >= 0.3 is 0 Å². The number of hydrogen-bond donors (Lipinski definition) is 1. The summed E-state index contributed by atoms with van der Waals surface area (Å²) in [6, 6.07) is 6.41. The summed E-state index contributed by atoms with van der Waals surface area (Å²) in [6.45, 7) is 1.64. The largest absolute Gasteiger partial charge is 0.324 e. The standard InChI is InChI=1S/C20H19BrN2O3/c1-9(18(24)22-11-4-2-10(21)3-5-11)23-19(25)16-12-6-7-13(15-8-14(12)15)17(16)20(23)26/h2-7,9,12-17H,8H2,1H3,(H,22,24)/t9-,12+,13+,14+,15+,16-,17+/m0/s1. The second-order valence-electron chi connectivity index (χ2n) is 7.87. The number of nitrogens with zero attached hydrogens (tertiary/aromatic N) is 1. The smallest absolute Gasteiger partial charge is 0.247 e. The average Bonchev–Trinajstić information content (AvgIpc) is 3.41. The maximum atomic E-state index is 13.0. The minimum Gasteiger partial charge on any atom is -0.324 e. The van der Waals surface area contributed by atoms with Crippen LogP contribution in [0.2, 0.25) is 0 Å². The topological polar surface area (TPSA) is 66.5 Å². The van der Waals surface area contributed by atoms with Gasteiger partial charge in [0.25, 0.3) is 0 Å². The molecule has 0 radical (unpaired) electrons. The number of amides is 3. The van der Waals surface area contributed by atoms with Gasteiger partial charge in [0.05, 0.1) is 11.8 Å². The van der Waals surface area contributed by atoms with Crippen LogP contribution in [0.1, 0.15) is 13.3 Å². The first-order chi connectivity index (χ1) is 12.5. The van der Waals surface area contributed by atoms with E-state index in [9.17, 15) is 14.4 Å². The molecule has 6 rings (SSSR count). The predicted octanol–water partition coefficient (Wildman–Crippen LogP) is 2.83. The molecule has 1 N–H and O–H groups in total. The summed E-state index contributed by atoms with van der Waals surface area (Å²) < 4.78 is 0.916. The number of anilines is 1. The fourth-order valence-corrected chi connectivity index (χ4v) is 5.52. The zero-order valence-corrected chi connectivity index (χ0v) is 15.8. The summed E-state index contributed by atoms with van der Waals surface area (Å²) in [5, 5.41) is 2.80. The Kier molecular flexibility index (Phi) is 3.45. The van der Waals surface area contributed by atoms with Gasteiger partial charge in [-0.25, -0.2) is 0 Å². The Bertz CT molecular complexity index is 813. The third-order valence-corrected chi connectivity index (χ3v) is 7.10. The van der Waals surface area contributed by atoms with E-state index < -0.39 is 6.04 Å². The molecule has 2 bridgehead atoms. The van der Waals surface area contributed by atoms with Gasteiger partial charge in [-0.2, -0.15) is 0 Å². The number of carbonyl (C=O) groups excluding carboxylic acids is 3. The van der Waals surface area contributed by atoms with Crippen molar-refractivity contribution >= 4 is 39.3 Å². The minimum atomic E-state index is -0.806. The Morgan fingerprint density at radius 2 is 1.62 bits per heavy atom. The molecule has 5 aliphatic rings. The highest BCUT2D eigenvalue weighted by Crippen LogP contribution is 2.65. The van der Waals surface area contributed by atoms with Crippen LogP contribution < -0.4 is 5.32 Å². The molecule has 4 aliphatic carbocycles. The van der Waals surface area contributed by atoms with E-state index in [-0.39, 0.29) is 41.4 Å². The number of allylic oxidation sites excluding steroid dienone is 2. The molecule has 1 aromatic carbocycles. The molecule has 1 aliphatic heterocycles. The Morgan fingerprint density at radius 3 is 2.15 bits per heavy atom. The Labute approximate surface area is 159 Å². The lowest BCUT2D eigenvalue weighted by molar-refractivity contribution is -0.146. The van der Waals surface area contributed by atoms with Gasteiger partial charge in [-0.1, -0.05) is 28.1 Å². The molecule has 0 unspecified atom stereocenters. The summed E-state index contributed by atoms with van der Waals surface area (Å²) in [4.78, 5) is 39.9. The van der Waals surface area contributed by atoms with E-state index in [0.29, 0.717) is 17.5 Å². The molecule has 1 aromatic rings. The van der Waals surface area contributed by atoms with Gasteiger partial charge in [-0.05, 0) is 61.3 Å². The van der Waals surface area contributed by atoms with Crippen LogP contribution >= 0.6 is 15.9 Å². The van der Waals surface area contributed by atoms with Crippen molar-refractivity contribution in [2.75, 3.05) is 5.32 Å². The number of carbonyl (C=O) groups is 3. The van der Waals surface area contributed by atoms with Crippen molar-refractivity contribution in [3.63, 3.8) is 0 Å². The lowest BCUT2D eigenvalue weighted by Crippen LogP contribution is -2.46. The van der Waals surface area contributed by atoms with E-state index >= 15 is 0 Å². The van der Waals surface area contributed by atoms with Crippen molar-refractivity contribution in [3.8, 4) is 0 Å². The van der Waals surface area contributed by atoms with Crippen LogP contribution in [0, 0.1) is 35.5 Å². The number of nitrogens with one attached hydrogen (secondary N) is 1. The van der Waals surface area contributed by atoms with Gasteiger partial charge in [0.1, 0.15) is 6.04 Å². The molecule has 1 saturated heterocycles. The average molecular weight is 415 g/mol. The Morgan fingerprint density at radius 1 is 1.08 bits per heavy atom. The summed E-state index contributed by atoms with van der Waals surface area (Å²) in [5.41, 5.74) is 0.643. The van der Waals surface area contributed by atoms with Gasteiger partial charge in [-0.3, -0.25) is 19.3 Å². The summed E-state index contributed by atoms with van der Waals surface area (Å²) in [6.07, 6.45) is 5.41. The number of hydrogen-bond acceptors (Lipinski definition) is 3. The highest BCUT2D eigenvalue weighted by molar-refractivity contribution is 9.10. The normalized spacial score (nSPS) is 37.4. The molecule has 3 amide bonds. The lowest BCUT2D eigenvalue weighted by Gasteiger charge is -2.37. The molecular formula is C20H19BrN2O3. The molecule has 1 heterocycles. The number of halogens is 1. The number of likely N-dealkylation sites (tertiary alicyclic amines) is 1. The van der Waals surface area contributed by atoms with E-state index in [2.05, 4.69) is 33.4 Å². The van der Waals surface area contributed by atoms with Crippen LogP contribution in [0.4, 0.5) is 5.69 Å². The summed E-state index contributed by atoms with van der Waals surface area (Å²) >= 11 is 3.35. The molecule has 7 atom stereocenters.